The molecule has 2 aromatic carbocycles. The molecule has 0 saturated carbocycles. The number of benzene rings is 2. The van der Waals surface area contributed by atoms with Crippen LogP contribution in [0.25, 0.3) is 0 Å². The van der Waals surface area contributed by atoms with E-state index in [9.17, 15) is 10.5 Å². The van der Waals surface area contributed by atoms with Crippen molar-refractivity contribution < 1.29 is 0 Å². The molecule has 3 saturated heterocycles. The second-order valence-corrected chi connectivity index (χ2v) is 22.1. The number of hydrogen-bond acceptors (Lipinski definition) is 19. The minimum absolute atomic E-state index is 0.0349. The molecule has 5 aromatic rings. The largest absolute Gasteiger partial charge is 0.355 e. The lowest BCUT2D eigenvalue weighted by Gasteiger charge is -2.37. The van der Waals surface area contributed by atoms with E-state index < -0.39 is 0 Å². The molecule has 0 bridgehead atoms. The van der Waals surface area contributed by atoms with Gasteiger partial charge in [-0.3, -0.25) is 15.0 Å². The van der Waals surface area contributed by atoms with Crippen LogP contribution in [0.2, 0.25) is 0 Å². The van der Waals surface area contributed by atoms with E-state index >= 15 is 0 Å². The summed E-state index contributed by atoms with van der Waals surface area (Å²) in [6.45, 7) is 13.5. The molecule has 6 aliphatic heterocycles. The molecular formula is C50H56BrN17S2. The number of aromatic nitrogens is 6. The van der Waals surface area contributed by atoms with Crippen molar-refractivity contribution in [1.82, 2.24) is 29.9 Å². The summed E-state index contributed by atoms with van der Waals surface area (Å²) in [4.78, 5) is 49.9. The quantitative estimate of drug-likeness (QED) is 0.162. The van der Waals surface area contributed by atoms with E-state index in [4.69, 9.17) is 27.2 Å². The molecule has 6 N–H and O–H groups in total. The number of anilines is 3. The van der Waals surface area contributed by atoms with Gasteiger partial charge in [0.25, 0.3) is 0 Å². The van der Waals surface area contributed by atoms with Crippen molar-refractivity contribution in [3.8, 4) is 12.1 Å². The number of hydrogen-bond donors (Lipinski definition) is 3. The fraction of sp³-hybridized carbons (Fsp3) is 0.420. The molecule has 360 valence electrons. The fourth-order valence-corrected chi connectivity index (χ4v) is 11.0. The first-order valence-electron chi connectivity index (χ1n) is 23.5. The zero-order valence-electron chi connectivity index (χ0n) is 39.6. The first-order valence-corrected chi connectivity index (χ1v) is 25.9. The summed E-state index contributed by atoms with van der Waals surface area (Å²) in [5.74, 6) is 2.75. The number of nitrogens with zero attached hydrogens (tertiary/aromatic N) is 14. The maximum absolute atomic E-state index is 9.26. The number of fused-ring (bicyclic) bond motifs is 3. The minimum Gasteiger partial charge on any atom is -0.355 e. The third-order valence-corrected chi connectivity index (χ3v) is 16.1. The van der Waals surface area contributed by atoms with Crippen LogP contribution in [0.4, 0.5) is 17.5 Å². The van der Waals surface area contributed by atoms with Crippen molar-refractivity contribution in [3.05, 3.63) is 112 Å². The molecule has 6 aliphatic rings. The number of thioether (sulfide) groups is 2. The highest BCUT2D eigenvalue weighted by molar-refractivity contribution is 9.18. The summed E-state index contributed by atoms with van der Waals surface area (Å²) in [6, 6.07) is 19.5. The Morgan fingerprint density at radius 1 is 0.514 bits per heavy atom. The van der Waals surface area contributed by atoms with Crippen LogP contribution in [0.1, 0.15) is 105 Å². The maximum Gasteiger partial charge on any atom is 0.147 e. The lowest BCUT2D eigenvalue weighted by atomic mass is 9.91. The number of nitrogens with two attached hydrogens (primary N) is 3. The normalized spacial score (nSPS) is 19.1. The Morgan fingerprint density at radius 3 is 1.21 bits per heavy atom. The molecule has 70 heavy (non-hydrogen) atoms. The molecule has 11 rings (SSSR count). The van der Waals surface area contributed by atoms with Crippen molar-refractivity contribution >= 4 is 71.6 Å². The van der Waals surface area contributed by atoms with Crippen molar-refractivity contribution in [3.63, 3.8) is 0 Å². The van der Waals surface area contributed by atoms with Gasteiger partial charge in [-0.1, -0.05) is 47.8 Å². The van der Waals surface area contributed by atoms with Gasteiger partial charge in [0.05, 0.1) is 66.4 Å². The first kappa shape index (κ1) is 49.1. The molecule has 0 amide bonds. The summed E-state index contributed by atoms with van der Waals surface area (Å²) in [7, 11) is 0. The second-order valence-electron chi connectivity index (χ2n) is 19.3. The van der Waals surface area contributed by atoms with E-state index in [-0.39, 0.29) is 16.6 Å². The second kappa shape index (κ2) is 20.8. The Hall–Kier alpha value is -5.87. The zero-order chi connectivity index (χ0) is 49.0. The average Bonchev–Trinajstić information content (AvgIpc) is 4.08. The molecule has 20 heteroatoms. The Bertz CT molecular complexity index is 2780. The van der Waals surface area contributed by atoms with Crippen LogP contribution in [-0.4, -0.2) is 100 Å². The summed E-state index contributed by atoms with van der Waals surface area (Å²) in [5.41, 5.74) is 25.0. The SMILES string of the molecule is CC1(N)CCN(c2cnc3c(n2)CN=C3Br)CC1.CC1(N)CCN(c2cnc3c(n2)CN=C3Sc2ccccc2C#N)CC1.CC1(N)CCN(c2cnc3c(n2)CN=C3Sc2ccccc2C#N)CC1. The highest BCUT2D eigenvalue weighted by Crippen LogP contribution is 2.34. The molecule has 3 fully saturated rings. The molecular weight excluding hydrogens is 983 g/mol. The Kier molecular flexibility index (Phi) is 14.6. The number of halogens is 1. The summed E-state index contributed by atoms with van der Waals surface area (Å²) in [6.07, 6.45) is 11.3. The third kappa shape index (κ3) is 11.5. The number of nitriles is 2. The lowest BCUT2D eigenvalue weighted by Crippen LogP contribution is -2.48. The van der Waals surface area contributed by atoms with Gasteiger partial charge >= 0.3 is 0 Å². The number of piperidine rings is 3. The number of rotatable bonds is 5. The van der Waals surface area contributed by atoms with Crippen LogP contribution in [-0.2, 0) is 19.6 Å². The van der Waals surface area contributed by atoms with Crippen LogP contribution in [0.5, 0.6) is 0 Å². The predicted octanol–water partition coefficient (Wildman–Crippen LogP) is 6.89. The van der Waals surface area contributed by atoms with Crippen molar-refractivity contribution in [2.45, 2.75) is 105 Å². The lowest BCUT2D eigenvalue weighted by molar-refractivity contribution is 0.362. The highest BCUT2D eigenvalue weighted by atomic mass is 79.9. The molecule has 0 atom stereocenters. The molecule has 17 nitrogen and oxygen atoms in total. The van der Waals surface area contributed by atoms with E-state index in [1.165, 1.54) is 23.5 Å². The molecule has 0 aliphatic carbocycles. The zero-order valence-corrected chi connectivity index (χ0v) is 42.9. The molecule has 0 radical (unpaired) electrons. The van der Waals surface area contributed by atoms with E-state index in [2.05, 4.69) is 98.5 Å². The topological polar surface area (TPSA) is 250 Å². The van der Waals surface area contributed by atoms with Gasteiger partial charge in [-0.15, -0.1) is 0 Å². The van der Waals surface area contributed by atoms with E-state index in [0.717, 1.165) is 154 Å². The minimum atomic E-state index is -0.0816. The summed E-state index contributed by atoms with van der Waals surface area (Å²) in [5, 5.41) is 20.2. The summed E-state index contributed by atoms with van der Waals surface area (Å²) < 4.78 is 0.810. The monoisotopic (exact) mass is 1040 g/mol. The maximum atomic E-state index is 9.26. The van der Waals surface area contributed by atoms with Gasteiger partial charge in [-0.2, -0.15) is 10.5 Å². The van der Waals surface area contributed by atoms with Crippen LogP contribution in [0.15, 0.2) is 91.9 Å². The number of aliphatic imine (C=N–C) groups is 3. The van der Waals surface area contributed by atoms with Gasteiger partial charge in [0.2, 0.25) is 0 Å². The van der Waals surface area contributed by atoms with Gasteiger partial charge in [-0.05, 0) is 99.5 Å². The Morgan fingerprint density at radius 2 is 0.843 bits per heavy atom. The Balaban J connectivity index is 0.000000133. The van der Waals surface area contributed by atoms with Gasteiger partial charge in [0.15, 0.2) is 0 Å². The van der Waals surface area contributed by atoms with Crippen LogP contribution in [0.3, 0.4) is 0 Å². The first-order chi connectivity index (χ1) is 33.7. The van der Waals surface area contributed by atoms with Gasteiger partial charge in [0.1, 0.15) is 61.4 Å². The average molecular weight is 1040 g/mol. The summed E-state index contributed by atoms with van der Waals surface area (Å²) >= 11 is 6.35. The third-order valence-electron chi connectivity index (χ3n) is 13.3. The van der Waals surface area contributed by atoms with Crippen molar-refractivity contribution in [1.29, 1.82) is 10.5 Å². The van der Waals surface area contributed by atoms with Gasteiger partial charge in [-0.25, -0.2) is 29.9 Å². The smallest absolute Gasteiger partial charge is 0.147 e. The molecule has 0 unspecified atom stereocenters. The Labute approximate surface area is 425 Å². The highest BCUT2D eigenvalue weighted by Gasteiger charge is 2.31. The molecule has 9 heterocycles. The van der Waals surface area contributed by atoms with Crippen molar-refractivity contribution in [2.24, 2.45) is 32.2 Å². The van der Waals surface area contributed by atoms with Crippen molar-refractivity contribution in [2.75, 3.05) is 54.0 Å². The van der Waals surface area contributed by atoms with Crippen LogP contribution >= 0.6 is 39.5 Å². The van der Waals surface area contributed by atoms with Crippen LogP contribution in [0, 0.1) is 22.7 Å². The molecule has 0 spiro atoms. The van der Waals surface area contributed by atoms with Crippen LogP contribution < -0.4 is 31.9 Å². The standard InChI is InChI=1S/2C19H20N6S.C12H16BrN5/c2*1-19(21)6-8-25(9-7-19)16-12-22-17-14(24-16)11-23-18(17)26-15-5-3-2-4-13(15)10-20;1-12(14)2-4-18(5-3-12)9-7-15-10-8(17-9)6-16-11(10)13/h2*2-5,12H,6-9,11,21H2,1H3;7H,2-6,14H2,1H3. The van der Waals surface area contributed by atoms with E-state index in [0.29, 0.717) is 30.8 Å². The predicted molar refractivity (Wildman–Crippen MR) is 282 cm³/mol. The van der Waals surface area contributed by atoms with E-state index in [1.807, 2.05) is 67.1 Å². The van der Waals surface area contributed by atoms with E-state index in [1.54, 1.807) is 0 Å². The molecule has 3 aromatic heterocycles. The van der Waals surface area contributed by atoms with Gasteiger partial charge < -0.3 is 31.9 Å². The fourth-order valence-electron chi connectivity index (χ4n) is 8.64. The van der Waals surface area contributed by atoms with Gasteiger partial charge in [0, 0.05) is 65.7 Å².